The van der Waals surface area contributed by atoms with Crippen molar-refractivity contribution in [3.05, 3.63) is 41.1 Å². The number of aryl methyl sites for hydroxylation is 2. The highest BCUT2D eigenvalue weighted by molar-refractivity contribution is 5.98. The number of oxime groups is 1. The lowest BCUT2D eigenvalue weighted by atomic mass is 10.1. The van der Waals surface area contributed by atoms with E-state index < -0.39 is 0 Å². The summed E-state index contributed by atoms with van der Waals surface area (Å²) >= 11 is 0. The summed E-state index contributed by atoms with van der Waals surface area (Å²) < 4.78 is 4.17. The van der Waals surface area contributed by atoms with Crippen LogP contribution >= 0.6 is 0 Å². The van der Waals surface area contributed by atoms with Crippen LogP contribution in [0.2, 0.25) is 0 Å². The van der Waals surface area contributed by atoms with Crippen LogP contribution in [0.3, 0.4) is 0 Å². The van der Waals surface area contributed by atoms with Crippen LogP contribution in [0.1, 0.15) is 23.2 Å². The summed E-state index contributed by atoms with van der Waals surface area (Å²) in [4.78, 5) is 0. The lowest BCUT2D eigenvalue weighted by molar-refractivity contribution is 0.305. The number of hydrogen-bond acceptors (Lipinski definition) is 6. The van der Waals surface area contributed by atoms with Crippen molar-refractivity contribution >= 4 is 11.7 Å². The Bertz CT molecular complexity index is 556. The Labute approximate surface area is 109 Å². The second-order valence-electron chi connectivity index (χ2n) is 4.11. The van der Waals surface area contributed by atoms with Gasteiger partial charge >= 0.3 is 0 Å². The summed E-state index contributed by atoms with van der Waals surface area (Å²) in [6.45, 7) is 0. The molecule has 0 atom stereocenters. The number of rotatable bonds is 1. The van der Waals surface area contributed by atoms with Gasteiger partial charge in [0.1, 0.15) is 0 Å². The van der Waals surface area contributed by atoms with Crippen LogP contribution in [0, 0.1) is 0 Å². The van der Waals surface area contributed by atoms with E-state index in [0.717, 1.165) is 0 Å². The van der Waals surface area contributed by atoms with Crippen molar-refractivity contribution < 1.29 is 9.84 Å². The highest BCUT2D eigenvalue weighted by Gasteiger charge is 2.09. The minimum atomic E-state index is -0.223. The van der Waals surface area contributed by atoms with Crippen LogP contribution in [-0.4, -0.2) is 21.4 Å². The Morgan fingerprint density at radius 1 is 1.21 bits per heavy atom. The summed E-state index contributed by atoms with van der Waals surface area (Å²) in [5, 5.41) is 17.2. The molecule has 1 aliphatic rings. The first kappa shape index (κ1) is 12.9. The topological polar surface area (TPSA) is 124 Å². The van der Waals surface area contributed by atoms with E-state index in [0.29, 0.717) is 0 Å². The zero-order valence-electron chi connectivity index (χ0n) is 10.3. The third-order valence-corrected chi connectivity index (χ3v) is 2.87. The molecule has 0 radical (unpaired) electrons. The molecule has 1 aromatic heterocycles. The van der Waals surface area contributed by atoms with Crippen molar-refractivity contribution in [2.75, 3.05) is 5.73 Å². The molecular weight excluding hydrogens is 246 g/mol. The summed E-state index contributed by atoms with van der Waals surface area (Å²) in [6, 6.07) is 8.74. The van der Waals surface area contributed by atoms with Crippen LogP contribution in [0.5, 0.6) is 0 Å². The van der Waals surface area contributed by atoms with Gasteiger partial charge in [-0.15, -0.1) is 0 Å². The van der Waals surface area contributed by atoms with Gasteiger partial charge in [-0.05, 0) is 40.7 Å². The molecule has 7 nitrogen and oxygen atoms in total. The van der Waals surface area contributed by atoms with Crippen molar-refractivity contribution in [3.63, 3.8) is 0 Å². The summed E-state index contributed by atoms with van der Waals surface area (Å²) in [5.41, 5.74) is 13.5. The first-order valence-electron chi connectivity index (χ1n) is 5.85. The maximum atomic E-state index is 8.13. The molecule has 3 rings (SSSR count). The number of anilines is 1. The molecule has 0 spiro atoms. The van der Waals surface area contributed by atoms with E-state index in [4.69, 9.17) is 16.7 Å². The van der Waals surface area contributed by atoms with E-state index in [2.05, 4.69) is 44.4 Å². The molecule has 0 saturated heterocycles. The van der Waals surface area contributed by atoms with Gasteiger partial charge in [0.25, 0.3) is 0 Å². The van der Waals surface area contributed by atoms with Gasteiger partial charge in [0.2, 0.25) is 0 Å². The SMILES string of the molecule is N/C(=N\O)c1nonc1N.c1ccc2c(c1)CCC2. The van der Waals surface area contributed by atoms with Crippen molar-refractivity contribution in [1.82, 2.24) is 10.3 Å². The maximum absolute atomic E-state index is 8.13. The van der Waals surface area contributed by atoms with Crippen LogP contribution in [0.25, 0.3) is 0 Å². The van der Waals surface area contributed by atoms with Crippen LogP contribution < -0.4 is 11.5 Å². The summed E-state index contributed by atoms with van der Waals surface area (Å²) in [6.07, 6.45) is 3.96. The van der Waals surface area contributed by atoms with E-state index in [9.17, 15) is 0 Å². The molecule has 0 bridgehead atoms. The molecule has 7 heteroatoms. The molecule has 0 unspecified atom stereocenters. The lowest BCUT2D eigenvalue weighted by Gasteiger charge is -1.93. The highest BCUT2D eigenvalue weighted by Crippen LogP contribution is 2.20. The van der Waals surface area contributed by atoms with Gasteiger partial charge in [0.05, 0.1) is 0 Å². The van der Waals surface area contributed by atoms with E-state index in [1.54, 1.807) is 11.1 Å². The lowest BCUT2D eigenvalue weighted by Crippen LogP contribution is -2.15. The van der Waals surface area contributed by atoms with Crippen LogP contribution in [0.4, 0.5) is 5.82 Å². The third kappa shape index (κ3) is 3.01. The number of aromatic nitrogens is 2. The minimum Gasteiger partial charge on any atom is -0.409 e. The zero-order valence-corrected chi connectivity index (χ0v) is 10.3. The van der Waals surface area contributed by atoms with E-state index in [-0.39, 0.29) is 17.3 Å². The molecule has 0 saturated carbocycles. The Hall–Kier alpha value is -2.57. The van der Waals surface area contributed by atoms with E-state index in [1.165, 1.54) is 19.3 Å². The average Bonchev–Trinajstić information content (AvgIpc) is 3.06. The summed E-state index contributed by atoms with van der Waals surface area (Å²) in [7, 11) is 0. The largest absolute Gasteiger partial charge is 0.409 e. The molecule has 0 fully saturated rings. The van der Waals surface area contributed by atoms with Gasteiger partial charge in [-0.3, -0.25) is 0 Å². The monoisotopic (exact) mass is 261 g/mol. The number of nitrogens with zero attached hydrogens (tertiary/aromatic N) is 3. The zero-order chi connectivity index (χ0) is 13.7. The second kappa shape index (κ2) is 5.85. The fourth-order valence-corrected chi connectivity index (χ4v) is 1.94. The molecule has 1 aromatic carbocycles. The van der Waals surface area contributed by atoms with Crippen LogP contribution in [0.15, 0.2) is 34.1 Å². The number of hydrogen-bond donors (Lipinski definition) is 3. The van der Waals surface area contributed by atoms with Gasteiger partial charge in [-0.1, -0.05) is 29.4 Å². The molecule has 1 heterocycles. The minimum absolute atomic E-state index is 0.00435. The van der Waals surface area contributed by atoms with Crippen molar-refractivity contribution in [2.45, 2.75) is 19.3 Å². The highest BCUT2D eigenvalue weighted by atomic mass is 16.6. The smallest absolute Gasteiger partial charge is 0.199 e. The number of benzene rings is 1. The molecular formula is C12H15N5O2. The van der Waals surface area contributed by atoms with E-state index >= 15 is 0 Å². The Morgan fingerprint density at radius 3 is 2.32 bits per heavy atom. The number of fused-ring (bicyclic) bond motifs is 1. The predicted molar refractivity (Wildman–Crippen MR) is 69.7 cm³/mol. The Morgan fingerprint density at radius 2 is 1.84 bits per heavy atom. The Balaban J connectivity index is 0.000000141. The Kier molecular flexibility index (Phi) is 3.97. The number of nitrogens with two attached hydrogens (primary N) is 2. The molecule has 0 amide bonds. The number of nitrogen functional groups attached to an aromatic ring is 1. The maximum Gasteiger partial charge on any atom is 0.199 e. The van der Waals surface area contributed by atoms with Gasteiger partial charge in [0, 0.05) is 0 Å². The van der Waals surface area contributed by atoms with Crippen molar-refractivity contribution in [3.8, 4) is 0 Å². The van der Waals surface area contributed by atoms with Gasteiger partial charge in [-0.25, -0.2) is 4.63 Å². The molecule has 1 aliphatic carbocycles. The quantitative estimate of drug-likeness (QED) is 0.303. The molecule has 0 aliphatic heterocycles. The normalized spacial score (nSPS) is 13.6. The van der Waals surface area contributed by atoms with Gasteiger partial charge in [0.15, 0.2) is 17.3 Å². The first-order chi connectivity index (χ1) is 9.22. The summed E-state index contributed by atoms with van der Waals surface area (Å²) in [5.74, 6) is -0.228. The molecule has 100 valence electrons. The molecule has 5 N–H and O–H groups in total. The number of amidine groups is 1. The predicted octanol–water partition coefficient (Wildman–Crippen LogP) is 0.922. The molecule has 19 heavy (non-hydrogen) atoms. The average molecular weight is 261 g/mol. The van der Waals surface area contributed by atoms with Crippen molar-refractivity contribution in [1.29, 1.82) is 0 Å². The fourth-order valence-electron chi connectivity index (χ4n) is 1.94. The van der Waals surface area contributed by atoms with Crippen LogP contribution in [-0.2, 0) is 12.8 Å². The van der Waals surface area contributed by atoms with Crippen molar-refractivity contribution in [2.24, 2.45) is 10.9 Å². The second-order valence-corrected chi connectivity index (χ2v) is 4.11. The van der Waals surface area contributed by atoms with E-state index in [1.807, 2.05) is 0 Å². The molecule has 2 aromatic rings. The van der Waals surface area contributed by atoms with Gasteiger partial charge in [-0.2, -0.15) is 0 Å². The van der Waals surface area contributed by atoms with Gasteiger partial charge < -0.3 is 16.7 Å². The fraction of sp³-hybridized carbons (Fsp3) is 0.250. The standard InChI is InChI=1S/C9H10.C3H5N5O2/c1-2-5-9-7-3-6-8(9)4-1;4-2(6-9)1-3(5)8-10-7-1/h1-2,4-5H,3,6-7H2;9H,(H2,4,6)(H2,5,8). The first-order valence-corrected chi connectivity index (χ1v) is 5.85. The third-order valence-electron chi connectivity index (χ3n) is 2.87.